The van der Waals surface area contributed by atoms with Gasteiger partial charge >= 0.3 is 0 Å². The van der Waals surface area contributed by atoms with Crippen molar-refractivity contribution >= 4 is 11.3 Å². The van der Waals surface area contributed by atoms with Crippen molar-refractivity contribution in [3.63, 3.8) is 0 Å². The van der Waals surface area contributed by atoms with Gasteiger partial charge in [0.05, 0.1) is 0 Å². The zero-order valence-electron chi connectivity index (χ0n) is 12.8. The van der Waals surface area contributed by atoms with E-state index in [1.165, 1.54) is 21.9 Å². The third-order valence-electron chi connectivity index (χ3n) is 3.41. The molecule has 0 amide bonds. The van der Waals surface area contributed by atoms with Crippen LogP contribution in [0.3, 0.4) is 0 Å². The van der Waals surface area contributed by atoms with Crippen molar-refractivity contribution in [3.05, 3.63) is 57.3 Å². The summed E-state index contributed by atoms with van der Waals surface area (Å²) >= 11 is 1.75. The molecule has 0 aliphatic heterocycles. The average Bonchev–Trinajstić information content (AvgIpc) is 2.87. The van der Waals surface area contributed by atoms with Gasteiger partial charge in [-0.05, 0) is 42.7 Å². The van der Waals surface area contributed by atoms with Gasteiger partial charge in [0.1, 0.15) is 11.6 Å². The molecule has 1 aromatic heterocycles. The molecule has 4 heteroatoms. The molecule has 0 bridgehead atoms. The topological polar surface area (TPSA) is 12.0 Å². The fourth-order valence-corrected chi connectivity index (χ4v) is 3.10. The van der Waals surface area contributed by atoms with Crippen molar-refractivity contribution < 1.29 is 8.78 Å². The maximum Gasteiger partial charge on any atom is 0.128 e. The minimum atomic E-state index is -0.411. The second kappa shape index (κ2) is 6.24. The molecular weight excluding hydrogens is 288 g/mol. The van der Waals surface area contributed by atoms with Gasteiger partial charge in [0.2, 0.25) is 0 Å². The van der Waals surface area contributed by atoms with Gasteiger partial charge in [0, 0.05) is 27.9 Å². The zero-order chi connectivity index (χ0) is 15.6. The monoisotopic (exact) mass is 309 g/mol. The van der Waals surface area contributed by atoms with Gasteiger partial charge in [-0.2, -0.15) is 0 Å². The smallest absolute Gasteiger partial charge is 0.128 e. The average molecular weight is 309 g/mol. The Morgan fingerprint density at radius 1 is 1.14 bits per heavy atom. The van der Waals surface area contributed by atoms with Crippen LogP contribution < -0.4 is 5.32 Å². The van der Waals surface area contributed by atoms with Crippen LogP contribution in [-0.2, 0) is 12.0 Å². The molecule has 0 radical (unpaired) electrons. The van der Waals surface area contributed by atoms with Crippen molar-refractivity contribution in [3.8, 4) is 0 Å². The molecule has 21 heavy (non-hydrogen) atoms. The maximum atomic E-state index is 13.7. The SMILES string of the molecule is CC(NCc1ccc(C(C)(C)C)s1)c1cc(F)ccc1F. The predicted octanol–water partition coefficient (Wildman–Crippen LogP) is 5.17. The van der Waals surface area contributed by atoms with Crippen LogP contribution in [-0.4, -0.2) is 0 Å². The van der Waals surface area contributed by atoms with E-state index in [-0.39, 0.29) is 17.3 Å². The summed E-state index contributed by atoms with van der Waals surface area (Å²) in [5.41, 5.74) is 0.506. The highest BCUT2D eigenvalue weighted by atomic mass is 32.1. The van der Waals surface area contributed by atoms with Crippen molar-refractivity contribution in [2.45, 2.75) is 45.7 Å². The fraction of sp³-hybridized carbons (Fsp3) is 0.412. The Bertz CT molecular complexity index is 613. The highest BCUT2D eigenvalue weighted by Crippen LogP contribution is 2.29. The number of halogens is 2. The Kier molecular flexibility index (Phi) is 4.79. The first kappa shape index (κ1) is 16.1. The summed E-state index contributed by atoms with van der Waals surface area (Å²) in [7, 11) is 0. The summed E-state index contributed by atoms with van der Waals surface area (Å²) in [5, 5.41) is 3.25. The van der Waals surface area contributed by atoms with Crippen LogP contribution in [0.15, 0.2) is 30.3 Å². The Balaban J connectivity index is 2.02. The molecule has 0 saturated carbocycles. The molecule has 2 rings (SSSR count). The summed E-state index contributed by atoms with van der Waals surface area (Å²) in [5.74, 6) is -0.788. The largest absolute Gasteiger partial charge is 0.305 e. The Morgan fingerprint density at radius 3 is 2.48 bits per heavy atom. The second-order valence-electron chi connectivity index (χ2n) is 6.28. The van der Waals surface area contributed by atoms with Crippen LogP contribution in [0.2, 0.25) is 0 Å². The summed E-state index contributed by atoms with van der Waals surface area (Å²) in [4.78, 5) is 2.52. The van der Waals surface area contributed by atoms with E-state index in [9.17, 15) is 8.78 Å². The molecule has 114 valence electrons. The molecular formula is C17H21F2NS. The molecule has 1 aromatic carbocycles. The third-order valence-corrected chi connectivity index (χ3v) is 4.92. The lowest BCUT2D eigenvalue weighted by Gasteiger charge is -2.16. The van der Waals surface area contributed by atoms with E-state index in [0.29, 0.717) is 12.1 Å². The maximum absolute atomic E-state index is 13.7. The van der Waals surface area contributed by atoms with Gasteiger partial charge in [-0.15, -0.1) is 11.3 Å². The molecule has 1 heterocycles. The molecule has 0 spiro atoms. The summed E-state index contributed by atoms with van der Waals surface area (Å²) in [6, 6.07) is 7.55. The van der Waals surface area contributed by atoms with E-state index in [1.54, 1.807) is 11.3 Å². The number of nitrogens with one attached hydrogen (secondary N) is 1. The van der Waals surface area contributed by atoms with E-state index >= 15 is 0 Å². The highest BCUT2D eigenvalue weighted by molar-refractivity contribution is 7.12. The quantitative estimate of drug-likeness (QED) is 0.821. The van der Waals surface area contributed by atoms with Crippen molar-refractivity contribution in [1.82, 2.24) is 5.32 Å². The van der Waals surface area contributed by atoms with E-state index in [1.807, 2.05) is 6.92 Å². The Labute approximate surface area is 129 Å². The molecule has 1 atom stereocenters. The predicted molar refractivity (Wildman–Crippen MR) is 84.6 cm³/mol. The van der Waals surface area contributed by atoms with Gasteiger partial charge in [0.15, 0.2) is 0 Å². The normalized spacial score (nSPS) is 13.4. The number of hydrogen-bond acceptors (Lipinski definition) is 2. The minimum absolute atomic E-state index is 0.142. The van der Waals surface area contributed by atoms with Crippen molar-refractivity contribution in [2.75, 3.05) is 0 Å². The lowest BCUT2D eigenvalue weighted by molar-refractivity contribution is 0.520. The first-order chi connectivity index (χ1) is 9.77. The second-order valence-corrected chi connectivity index (χ2v) is 7.45. The first-order valence-electron chi connectivity index (χ1n) is 7.05. The van der Waals surface area contributed by atoms with Crippen LogP contribution in [0.1, 0.15) is 49.1 Å². The van der Waals surface area contributed by atoms with Gasteiger partial charge in [-0.25, -0.2) is 8.78 Å². The lowest BCUT2D eigenvalue weighted by atomic mass is 9.95. The van der Waals surface area contributed by atoms with Gasteiger partial charge in [0.25, 0.3) is 0 Å². The molecule has 2 aromatic rings. The molecule has 1 nitrogen and oxygen atoms in total. The number of benzene rings is 1. The summed E-state index contributed by atoms with van der Waals surface area (Å²) in [6.07, 6.45) is 0. The van der Waals surface area contributed by atoms with Crippen LogP contribution in [0.4, 0.5) is 8.78 Å². The van der Waals surface area contributed by atoms with Crippen LogP contribution in [0, 0.1) is 11.6 Å². The van der Waals surface area contributed by atoms with E-state index in [4.69, 9.17) is 0 Å². The van der Waals surface area contributed by atoms with Gasteiger partial charge in [-0.1, -0.05) is 20.8 Å². The number of rotatable bonds is 4. The molecule has 1 N–H and O–H groups in total. The van der Waals surface area contributed by atoms with Crippen LogP contribution in [0.25, 0.3) is 0 Å². The van der Waals surface area contributed by atoms with E-state index < -0.39 is 5.82 Å². The Hall–Kier alpha value is -1.26. The number of hydrogen-bond donors (Lipinski definition) is 1. The summed E-state index contributed by atoms with van der Waals surface area (Å²) in [6.45, 7) is 9.04. The van der Waals surface area contributed by atoms with Crippen molar-refractivity contribution in [1.29, 1.82) is 0 Å². The zero-order valence-corrected chi connectivity index (χ0v) is 13.7. The fourth-order valence-electron chi connectivity index (χ4n) is 2.09. The number of thiophene rings is 1. The van der Waals surface area contributed by atoms with Crippen LogP contribution >= 0.6 is 11.3 Å². The van der Waals surface area contributed by atoms with E-state index in [2.05, 4.69) is 38.2 Å². The van der Waals surface area contributed by atoms with Crippen molar-refractivity contribution in [2.24, 2.45) is 0 Å². The summed E-state index contributed by atoms with van der Waals surface area (Å²) < 4.78 is 26.9. The standard InChI is InChI=1S/C17H21F2NS/c1-11(14-9-12(18)5-7-15(14)19)20-10-13-6-8-16(21-13)17(2,3)4/h5-9,11,20H,10H2,1-4H3. The molecule has 0 aliphatic rings. The van der Waals surface area contributed by atoms with Crippen LogP contribution in [0.5, 0.6) is 0 Å². The highest BCUT2D eigenvalue weighted by Gasteiger charge is 2.17. The molecule has 0 fully saturated rings. The molecule has 1 unspecified atom stereocenters. The van der Waals surface area contributed by atoms with Gasteiger partial charge in [-0.3, -0.25) is 0 Å². The Morgan fingerprint density at radius 2 is 1.86 bits per heavy atom. The first-order valence-corrected chi connectivity index (χ1v) is 7.86. The lowest BCUT2D eigenvalue weighted by Crippen LogP contribution is -2.18. The molecule has 0 aliphatic carbocycles. The minimum Gasteiger partial charge on any atom is -0.305 e. The van der Waals surface area contributed by atoms with Gasteiger partial charge < -0.3 is 5.32 Å². The molecule has 0 saturated heterocycles. The van der Waals surface area contributed by atoms with E-state index in [0.717, 1.165) is 6.07 Å². The third kappa shape index (κ3) is 4.11.